The Balaban J connectivity index is 1.56. The number of carbonyl (C=O) groups excluding carboxylic acids is 2. The highest BCUT2D eigenvalue weighted by Crippen LogP contribution is 2.28. The van der Waals surface area contributed by atoms with Gasteiger partial charge in [0.1, 0.15) is 12.6 Å². The second-order valence-corrected chi connectivity index (χ2v) is 15.2. The van der Waals surface area contributed by atoms with Gasteiger partial charge in [-0.3, -0.25) is 13.9 Å². The van der Waals surface area contributed by atoms with E-state index in [1.54, 1.807) is 60.7 Å². The van der Waals surface area contributed by atoms with Crippen molar-refractivity contribution in [2.45, 2.75) is 69.0 Å². The Bertz CT molecular complexity index is 1760. The molecule has 0 aliphatic heterocycles. The molecular weight excluding hydrogens is 698 g/mol. The SMILES string of the molecule is Cc1ccc(S(=O)(=O)N(CC(=O)N(Cc2ccc(Cl)cc2)C(Cc2ccccc2)C(=O)NC2CCCCC2)c2cccc(Br)c2)cc1. The van der Waals surface area contributed by atoms with Crippen LogP contribution in [0.2, 0.25) is 5.02 Å². The number of hydrogen-bond donors (Lipinski definition) is 1. The smallest absolute Gasteiger partial charge is 0.264 e. The normalized spacial score (nSPS) is 14.3. The van der Waals surface area contributed by atoms with Gasteiger partial charge in [0.05, 0.1) is 10.6 Å². The molecule has 1 atom stereocenters. The maximum atomic E-state index is 14.6. The predicted molar refractivity (Wildman–Crippen MR) is 191 cm³/mol. The number of carbonyl (C=O) groups is 2. The van der Waals surface area contributed by atoms with Crippen LogP contribution >= 0.6 is 27.5 Å². The average Bonchev–Trinajstić information content (AvgIpc) is 3.07. The van der Waals surface area contributed by atoms with Crippen molar-refractivity contribution in [2.24, 2.45) is 0 Å². The van der Waals surface area contributed by atoms with Crippen molar-refractivity contribution in [1.29, 1.82) is 0 Å². The summed E-state index contributed by atoms with van der Waals surface area (Å²) in [6, 6.07) is 29.2. The minimum Gasteiger partial charge on any atom is -0.352 e. The van der Waals surface area contributed by atoms with Crippen molar-refractivity contribution in [2.75, 3.05) is 10.8 Å². The lowest BCUT2D eigenvalue weighted by atomic mass is 9.94. The molecule has 10 heteroatoms. The summed E-state index contributed by atoms with van der Waals surface area (Å²) < 4.78 is 30.2. The van der Waals surface area contributed by atoms with Gasteiger partial charge < -0.3 is 10.2 Å². The van der Waals surface area contributed by atoms with E-state index >= 15 is 0 Å². The molecule has 246 valence electrons. The van der Waals surface area contributed by atoms with Gasteiger partial charge in [-0.2, -0.15) is 0 Å². The third-order valence-electron chi connectivity index (χ3n) is 8.47. The fourth-order valence-electron chi connectivity index (χ4n) is 5.88. The van der Waals surface area contributed by atoms with Gasteiger partial charge in [0.2, 0.25) is 11.8 Å². The van der Waals surface area contributed by atoms with E-state index in [-0.39, 0.29) is 29.8 Å². The second-order valence-electron chi connectivity index (χ2n) is 12.0. The molecule has 4 aromatic rings. The van der Waals surface area contributed by atoms with Crippen LogP contribution in [0.15, 0.2) is 112 Å². The molecular formula is C37H39BrClN3O4S. The van der Waals surface area contributed by atoms with Crippen molar-refractivity contribution < 1.29 is 18.0 Å². The fraction of sp³-hybridized carbons (Fsp3) is 0.297. The highest BCUT2D eigenvalue weighted by molar-refractivity contribution is 9.10. The van der Waals surface area contributed by atoms with E-state index in [9.17, 15) is 18.0 Å². The molecule has 0 heterocycles. The monoisotopic (exact) mass is 735 g/mol. The zero-order valence-corrected chi connectivity index (χ0v) is 29.5. The molecule has 1 saturated carbocycles. The molecule has 0 aromatic heterocycles. The van der Waals surface area contributed by atoms with E-state index in [1.165, 1.54) is 4.90 Å². The number of nitrogens with one attached hydrogen (secondary N) is 1. The molecule has 1 unspecified atom stereocenters. The molecule has 0 spiro atoms. The van der Waals surface area contributed by atoms with Gasteiger partial charge in [-0.15, -0.1) is 0 Å². The van der Waals surface area contributed by atoms with Gasteiger partial charge in [0.15, 0.2) is 0 Å². The molecule has 0 radical (unpaired) electrons. The van der Waals surface area contributed by atoms with Crippen LogP contribution in [0.3, 0.4) is 0 Å². The Kier molecular flexibility index (Phi) is 11.8. The van der Waals surface area contributed by atoms with Crippen molar-refractivity contribution >= 4 is 55.1 Å². The number of halogens is 2. The molecule has 1 aliphatic rings. The first-order chi connectivity index (χ1) is 22.6. The van der Waals surface area contributed by atoms with E-state index in [1.807, 2.05) is 49.4 Å². The number of rotatable bonds is 12. The highest BCUT2D eigenvalue weighted by Gasteiger charge is 2.35. The molecule has 47 heavy (non-hydrogen) atoms. The maximum Gasteiger partial charge on any atom is 0.264 e. The third kappa shape index (κ3) is 9.24. The van der Waals surface area contributed by atoms with E-state index in [2.05, 4.69) is 21.2 Å². The van der Waals surface area contributed by atoms with Gasteiger partial charge in [-0.05, 0) is 73.4 Å². The summed E-state index contributed by atoms with van der Waals surface area (Å²) in [5.74, 6) is -0.756. The van der Waals surface area contributed by atoms with Gasteiger partial charge in [-0.1, -0.05) is 113 Å². The zero-order valence-electron chi connectivity index (χ0n) is 26.3. The van der Waals surface area contributed by atoms with Gasteiger partial charge in [0, 0.05) is 28.5 Å². The molecule has 0 bridgehead atoms. The number of benzene rings is 4. The molecule has 1 aliphatic carbocycles. The number of hydrogen-bond acceptors (Lipinski definition) is 4. The van der Waals surface area contributed by atoms with Crippen molar-refractivity contribution in [3.8, 4) is 0 Å². The summed E-state index contributed by atoms with van der Waals surface area (Å²) in [5.41, 5.74) is 2.89. The fourth-order valence-corrected chi connectivity index (χ4v) is 7.80. The first kappa shape index (κ1) is 34.7. The van der Waals surface area contributed by atoms with Crippen LogP contribution in [-0.2, 0) is 32.6 Å². The average molecular weight is 737 g/mol. The summed E-state index contributed by atoms with van der Waals surface area (Å²) in [6.45, 7) is 1.45. The van der Waals surface area contributed by atoms with Gasteiger partial charge in [-0.25, -0.2) is 8.42 Å². The summed E-state index contributed by atoms with van der Waals surface area (Å²) in [6.07, 6.45) is 5.27. The summed E-state index contributed by atoms with van der Waals surface area (Å²) in [5, 5.41) is 3.78. The lowest BCUT2D eigenvalue weighted by Crippen LogP contribution is -2.55. The maximum absolute atomic E-state index is 14.6. The standard InChI is InChI=1S/C37H39BrClN3O4S/c1-27-15-21-34(22-16-27)47(45,46)42(33-14-8-11-30(38)24-33)26-36(43)41(25-29-17-19-31(39)20-18-29)35(23-28-9-4-2-5-10-28)37(44)40-32-12-6-3-7-13-32/h2,4-5,8-11,14-22,24,32,35H,3,6-7,12-13,23,25-26H2,1H3,(H,40,44). The Labute approximate surface area is 291 Å². The van der Waals surface area contributed by atoms with E-state index in [4.69, 9.17) is 11.6 Å². The lowest BCUT2D eigenvalue weighted by molar-refractivity contribution is -0.140. The first-order valence-corrected chi connectivity index (χ1v) is 18.4. The van der Waals surface area contributed by atoms with Crippen LogP contribution in [-0.4, -0.2) is 43.8 Å². The van der Waals surface area contributed by atoms with Crippen LogP contribution in [0.4, 0.5) is 5.69 Å². The minimum absolute atomic E-state index is 0.0297. The largest absolute Gasteiger partial charge is 0.352 e. The summed E-state index contributed by atoms with van der Waals surface area (Å²) >= 11 is 9.64. The van der Waals surface area contributed by atoms with Gasteiger partial charge >= 0.3 is 0 Å². The Hall–Kier alpha value is -3.66. The highest BCUT2D eigenvalue weighted by atomic mass is 79.9. The quantitative estimate of drug-likeness (QED) is 0.162. The van der Waals surface area contributed by atoms with Gasteiger partial charge in [0.25, 0.3) is 10.0 Å². The third-order valence-corrected chi connectivity index (χ3v) is 11.0. The number of amides is 2. The Morgan fingerprint density at radius 2 is 1.55 bits per heavy atom. The van der Waals surface area contributed by atoms with E-state index in [0.717, 1.165) is 53.1 Å². The minimum atomic E-state index is -4.18. The molecule has 1 N–H and O–H groups in total. The zero-order chi connectivity index (χ0) is 33.4. The number of anilines is 1. The predicted octanol–water partition coefficient (Wildman–Crippen LogP) is 7.70. The van der Waals surface area contributed by atoms with Crippen LogP contribution in [0.25, 0.3) is 0 Å². The van der Waals surface area contributed by atoms with Crippen molar-refractivity contribution in [3.05, 3.63) is 129 Å². The molecule has 7 nitrogen and oxygen atoms in total. The van der Waals surface area contributed by atoms with Crippen molar-refractivity contribution in [3.63, 3.8) is 0 Å². The first-order valence-electron chi connectivity index (χ1n) is 15.8. The molecule has 1 fully saturated rings. The number of aryl methyl sites for hydroxylation is 1. The Morgan fingerprint density at radius 3 is 2.21 bits per heavy atom. The van der Waals surface area contributed by atoms with E-state index < -0.39 is 28.5 Å². The molecule has 4 aromatic carbocycles. The molecule has 5 rings (SSSR count). The van der Waals surface area contributed by atoms with Crippen LogP contribution in [0.5, 0.6) is 0 Å². The number of nitrogens with zero attached hydrogens (tertiary/aromatic N) is 2. The van der Waals surface area contributed by atoms with Crippen molar-refractivity contribution in [1.82, 2.24) is 10.2 Å². The lowest BCUT2D eigenvalue weighted by Gasteiger charge is -2.35. The van der Waals surface area contributed by atoms with Crippen LogP contribution in [0.1, 0.15) is 48.8 Å². The molecule has 0 saturated heterocycles. The summed E-state index contributed by atoms with van der Waals surface area (Å²) in [4.78, 5) is 30.4. The van der Waals surface area contributed by atoms with E-state index in [0.29, 0.717) is 15.2 Å². The summed E-state index contributed by atoms with van der Waals surface area (Å²) in [7, 11) is -4.18. The van der Waals surface area contributed by atoms with Crippen LogP contribution in [0, 0.1) is 6.92 Å². The second kappa shape index (κ2) is 16.0. The van der Waals surface area contributed by atoms with Crippen LogP contribution < -0.4 is 9.62 Å². The topological polar surface area (TPSA) is 86.8 Å². The Morgan fingerprint density at radius 1 is 0.872 bits per heavy atom. The number of sulfonamides is 1. The molecule has 2 amide bonds.